The first-order chi connectivity index (χ1) is 31.5. The van der Waals surface area contributed by atoms with Gasteiger partial charge in [0.1, 0.15) is 0 Å². The van der Waals surface area contributed by atoms with Crippen LogP contribution in [-0.4, -0.2) is 47.4 Å². The molecular weight excluding hydrogens is 791 g/mol. The Bertz CT molecular complexity index is 955. The Kier molecular flexibility index (Phi) is 53.0. The van der Waals surface area contributed by atoms with Crippen LogP contribution in [-0.2, 0) is 14.3 Å². The number of aliphatic hydroxyl groups is 2. The van der Waals surface area contributed by atoms with Crippen LogP contribution < -0.4 is 5.32 Å². The molecule has 6 heteroatoms. The minimum atomic E-state index is -0.672. The number of ether oxygens (including phenoxy) is 1. The SMILES string of the molecule is CCCC/C=C\CCCCCCCC(=O)OCCCCCCCCCCCCCCCCC(=O)NC(CO)C(O)CCCCCCCCCCCCCCCCCCCCCCCC. The first-order valence-electron chi connectivity index (χ1n) is 28.9. The van der Waals surface area contributed by atoms with Crippen LogP contribution in [0.5, 0.6) is 0 Å². The predicted octanol–water partition coefficient (Wildman–Crippen LogP) is 17.7. The van der Waals surface area contributed by atoms with E-state index >= 15 is 0 Å². The number of hydrogen-bond donors (Lipinski definition) is 3. The van der Waals surface area contributed by atoms with Gasteiger partial charge in [0.05, 0.1) is 25.4 Å². The van der Waals surface area contributed by atoms with Crippen LogP contribution in [0.25, 0.3) is 0 Å². The fraction of sp³-hybridized carbons (Fsp3) is 0.931. The molecule has 2 unspecified atom stereocenters. The molecule has 0 saturated carbocycles. The summed E-state index contributed by atoms with van der Waals surface area (Å²) in [5.74, 6) is -0.0547. The van der Waals surface area contributed by atoms with Gasteiger partial charge in [0.25, 0.3) is 0 Å². The van der Waals surface area contributed by atoms with Gasteiger partial charge in [-0.15, -0.1) is 0 Å². The van der Waals surface area contributed by atoms with Crippen molar-refractivity contribution in [3.8, 4) is 0 Å². The molecule has 6 nitrogen and oxygen atoms in total. The normalized spacial score (nSPS) is 12.6. The van der Waals surface area contributed by atoms with Crippen molar-refractivity contribution in [2.45, 2.75) is 334 Å². The average molecular weight is 905 g/mol. The fourth-order valence-corrected chi connectivity index (χ4v) is 9.09. The highest BCUT2D eigenvalue weighted by Crippen LogP contribution is 2.18. The zero-order chi connectivity index (χ0) is 46.5. The first-order valence-corrected chi connectivity index (χ1v) is 28.9. The van der Waals surface area contributed by atoms with Crippen molar-refractivity contribution >= 4 is 11.9 Å². The van der Waals surface area contributed by atoms with Crippen molar-refractivity contribution < 1.29 is 24.5 Å². The summed E-state index contributed by atoms with van der Waals surface area (Å²) in [6, 6.07) is -0.550. The lowest BCUT2D eigenvalue weighted by Gasteiger charge is -2.22. The molecular formula is C58H113NO5. The maximum atomic E-state index is 12.5. The van der Waals surface area contributed by atoms with Gasteiger partial charge >= 0.3 is 5.97 Å². The molecule has 0 aliphatic heterocycles. The molecule has 0 aromatic carbocycles. The van der Waals surface area contributed by atoms with Gasteiger partial charge in [-0.25, -0.2) is 0 Å². The molecule has 0 radical (unpaired) electrons. The number of allylic oxidation sites excluding steroid dienone is 2. The van der Waals surface area contributed by atoms with Crippen molar-refractivity contribution in [2.75, 3.05) is 13.2 Å². The van der Waals surface area contributed by atoms with E-state index in [4.69, 9.17) is 4.74 Å². The Balaban J connectivity index is 3.44. The molecule has 0 aliphatic carbocycles. The van der Waals surface area contributed by atoms with Gasteiger partial charge in [-0.1, -0.05) is 276 Å². The van der Waals surface area contributed by atoms with Gasteiger partial charge in [-0.3, -0.25) is 9.59 Å². The molecule has 0 heterocycles. The van der Waals surface area contributed by atoms with E-state index in [2.05, 4.69) is 31.3 Å². The van der Waals surface area contributed by atoms with Crippen LogP contribution in [0.15, 0.2) is 12.2 Å². The van der Waals surface area contributed by atoms with Crippen LogP contribution in [0.3, 0.4) is 0 Å². The molecule has 0 aromatic rings. The van der Waals surface area contributed by atoms with Crippen molar-refractivity contribution in [2.24, 2.45) is 0 Å². The summed E-state index contributed by atoms with van der Waals surface area (Å²) in [5.41, 5.74) is 0. The maximum Gasteiger partial charge on any atom is 0.305 e. The lowest BCUT2D eigenvalue weighted by atomic mass is 10.0. The minimum Gasteiger partial charge on any atom is -0.466 e. The Morgan fingerprint density at radius 3 is 1.16 bits per heavy atom. The Hall–Kier alpha value is -1.40. The van der Waals surface area contributed by atoms with E-state index in [-0.39, 0.29) is 18.5 Å². The first kappa shape index (κ1) is 62.6. The predicted molar refractivity (Wildman–Crippen MR) is 278 cm³/mol. The second kappa shape index (κ2) is 54.2. The number of hydrogen-bond acceptors (Lipinski definition) is 5. The number of carbonyl (C=O) groups is 2. The van der Waals surface area contributed by atoms with E-state index in [1.165, 1.54) is 238 Å². The summed E-state index contributed by atoms with van der Waals surface area (Å²) < 4.78 is 5.45. The molecule has 0 aromatic heterocycles. The number of esters is 1. The zero-order valence-electron chi connectivity index (χ0n) is 43.3. The van der Waals surface area contributed by atoms with Gasteiger partial charge in [0.15, 0.2) is 0 Å². The number of nitrogens with one attached hydrogen (secondary N) is 1. The highest BCUT2D eigenvalue weighted by Gasteiger charge is 2.20. The highest BCUT2D eigenvalue weighted by atomic mass is 16.5. The second-order valence-electron chi connectivity index (χ2n) is 20.0. The van der Waals surface area contributed by atoms with Crippen molar-refractivity contribution in [1.29, 1.82) is 0 Å². The zero-order valence-corrected chi connectivity index (χ0v) is 43.3. The van der Waals surface area contributed by atoms with Crippen LogP contribution in [0.1, 0.15) is 322 Å². The molecule has 0 rings (SSSR count). The molecule has 380 valence electrons. The molecule has 2 atom stereocenters. The van der Waals surface area contributed by atoms with Gasteiger partial charge in [0.2, 0.25) is 5.91 Å². The molecule has 0 fully saturated rings. The summed E-state index contributed by atoms with van der Waals surface area (Å²) in [7, 11) is 0. The van der Waals surface area contributed by atoms with E-state index < -0.39 is 12.1 Å². The molecule has 0 bridgehead atoms. The van der Waals surface area contributed by atoms with Crippen LogP contribution in [0.4, 0.5) is 0 Å². The van der Waals surface area contributed by atoms with E-state index in [0.717, 1.165) is 51.4 Å². The van der Waals surface area contributed by atoms with Crippen LogP contribution >= 0.6 is 0 Å². The average Bonchev–Trinajstić information content (AvgIpc) is 3.29. The number of carbonyl (C=O) groups excluding carboxylic acids is 2. The largest absolute Gasteiger partial charge is 0.466 e. The Labute approximate surface area is 399 Å². The lowest BCUT2D eigenvalue weighted by Crippen LogP contribution is -2.45. The third-order valence-electron chi connectivity index (χ3n) is 13.6. The maximum absolute atomic E-state index is 12.5. The van der Waals surface area contributed by atoms with Gasteiger partial charge < -0.3 is 20.3 Å². The van der Waals surface area contributed by atoms with Crippen molar-refractivity contribution in [1.82, 2.24) is 5.32 Å². The summed E-state index contributed by atoms with van der Waals surface area (Å²) in [4.78, 5) is 24.5. The van der Waals surface area contributed by atoms with E-state index in [0.29, 0.717) is 25.9 Å². The number of unbranched alkanes of at least 4 members (excludes halogenated alkanes) is 41. The fourth-order valence-electron chi connectivity index (χ4n) is 9.09. The van der Waals surface area contributed by atoms with E-state index in [9.17, 15) is 19.8 Å². The van der Waals surface area contributed by atoms with Gasteiger partial charge in [-0.05, 0) is 44.9 Å². The topological polar surface area (TPSA) is 95.9 Å². The van der Waals surface area contributed by atoms with Crippen molar-refractivity contribution in [3.05, 3.63) is 12.2 Å². The molecule has 64 heavy (non-hydrogen) atoms. The van der Waals surface area contributed by atoms with Gasteiger partial charge in [0, 0.05) is 12.8 Å². The summed E-state index contributed by atoms with van der Waals surface area (Å²) in [6.45, 7) is 4.91. The smallest absolute Gasteiger partial charge is 0.305 e. The number of rotatable bonds is 54. The van der Waals surface area contributed by atoms with Crippen molar-refractivity contribution in [3.63, 3.8) is 0 Å². The van der Waals surface area contributed by atoms with Crippen LogP contribution in [0, 0.1) is 0 Å². The molecule has 0 spiro atoms. The Morgan fingerprint density at radius 1 is 0.422 bits per heavy atom. The van der Waals surface area contributed by atoms with E-state index in [1.54, 1.807) is 0 Å². The monoisotopic (exact) mass is 904 g/mol. The Morgan fingerprint density at radius 2 is 0.750 bits per heavy atom. The van der Waals surface area contributed by atoms with Crippen LogP contribution in [0.2, 0.25) is 0 Å². The summed E-state index contributed by atoms with van der Waals surface area (Å²) in [6.07, 6.45) is 63.4. The quantitative estimate of drug-likeness (QED) is 0.0321. The standard InChI is InChI=1S/C58H113NO5/c1-3-5-7-9-11-13-15-16-17-18-19-20-21-22-23-24-27-31-34-38-42-46-50-56(61)55(54-60)59-57(62)51-47-43-39-35-32-28-25-26-29-33-37-41-45-49-53-64-58(63)52-48-44-40-36-30-14-12-10-8-6-4-2/h10,12,55-56,60-61H,3-9,11,13-54H2,1-2H3,(H,59,62)/b12-10-. The second-order valence-corrected chi connectivity index (χ2v) is 20.0. The summed E-state index contributed by atoms with van der Waals surface area (Å²) >= 11 is 0. The molecule has 1 amide bonds. The van der Waals surface area contributed by atoms with E-state index in [1.807, 2.05) is 0 Å². The molecule has 0 saturated heterocycles. The number of aliphatic hydroxyl groups excluding tert-OH is 2. The minimum absolute atomic E-state index is 0.0123. The third-order valence-corrected chi connectivity index (χ3v) is 13.6. The molecule has 3 N–H and O–H groups in total. The van der Waals surface area contributed by atoms with Gasteiger partial charge in [-0.2, -0.15) is 0 Å². The highest BCUT2D eigenvalue weighted by molar-refractivity contribution is 5.76. The molecule has 0 aliphatic rings. The number of amides is 1. The third kappa shape index (κ3) is 50.0. The lowest BCUT2D eigenvalue weighted by molar-refractivity contribution is -0.143. The summed E-state index contributed by atoms with van der Waals surface area (Å²) in [5, 5.41) is 23.3.